The first kappa shape index (κ1) is 19.4. The smallest absolute Gasteiger partial charge is 0.253 e. The molecule has 0 atom stereocenters. The summed E-state index contributed by atoms with van der Waals surface area (Å²) in [7, 11) is 1.60. The number of nitrogens with zero attached hydrogens (tertiary/aromatic N) is 1. The Hall–Kier alpha value is -3.34. The van der Waals surface area contributed by atoms with Crippen LogP contribution in [-0.4, -0.2) is 23.4 Å². The van der Waals surface area contributed by atoms with E-state index in [2.05, 4.69) is 15.2 Å². The molecule has 2 N–H and O–H groups in total. The van der Waals surface area contributed by atoms with Crippen molar-refractivity contribution in [2.24, 2.45) is 0 Å². The third kappa shape index (κ3) is 3.98. The van der Waals surface area contributed by atoms with Crippen LogP contribution in [0.3, 0.4) is 0 Å². The van der Waals surface area contributed by atoms with Crippen LogP contribution in [0.1, 0.15) is 43.2 Å². The molecule has 0 saturated heterocycles. The van der Waals surface area contributed by atoms with Gasteiger partial charge in [-0.25, -0.2) is 0 Å². The maximum Gasteiger partial charge on any atom is 0.253 e. The summed E-state index contributed by atoms with van der Waals surface area (Å²) >= 11 is 0. The van der Waals surface area contributed by atoms with Crippen LogP contribution in [0, 0.1) is 20.8 Å². The highest BCUT2D eigenvalue weighted by Gasteiger charge is 2.15. The first-order valence-corrected chi connectivity index (χ1v) is 9.26. The second-order valence-corrected chi connectivity index (χ2v) is 6.93. The van der Waals surface area contributed by atoms with Gasteiger partial charge in [-0.2, -0.15) is 0 Å². The summed E-state index contributed by atoms with van der Waals surface area (Å²) in [5, 5.41) is 5.59. The third-order valence-corrected chi connectivity index (χ3v) is 4.78. The average Bonchev–Trinajstić information content (AvgIpc) is 3.04. The predicted molar refractivity (Wildman–Crippen MR) is 111 cm³/mol. The van der Waals surface area contributed by atoms with Crippen LogP contribution in [0.5, 0.6) is 0 Å². The van der Waals surface area contributed by atoms with Crippen LogP contribution < -0.4 is 10.6 Å². The van der Waals surface area contributed by atoms with Crippen molar-refractivity contribution in [3.63, 3.8) is 0 Å². The standard InChI is InChI=1S/C23H25N3O2/c1-15-8-11-21(26-16(2)9-10-17(26)3)20(12-15)23(28)25-14-18-6-5-7-19(13-18)22(27)24-4/h5-13H,14H2,1-4H3,(H,24,27)(H,25,28). The highest BCUT2D eigenvalue weighted by atomic mass is 16.2. The quantitative estimate of drug-likeness (QED) is 0.714. The minimum Gasteiger partial charge on any atom is -0.355 e. The minimum absolute atomic E-state index is 0.142. The molecule has 5 nitrogen and oxygen atoms in total. The molecule has 2 amide bonds. The lowest BCUT2D eigenvalue weighted by Crippen LogP contribution is -2.25. The molecular weight excluding hydrogens is 350 g/mol. The van der Waals surface area contributed by atoms with E-state index in [1.807, 2.05) is 63.2 Å². The Morgan fingerprint density at radius 2 is 1.61 bits per heavy atom. The van der Waals surface area contributed by atoms with Gasteiger partial charge < -0.3 is 15.2 Å². The second kappa shape index (κ2) is 8.13. The average molecular weight is 375 g/mol. The summed E-state index contributed by atoms with van der Waals surface area (Å²) in [6.45, 7) is 6.38. The van der Waals surface area contributed by atoms with Gasteiger partial charge in [0.1, 0.15) is 0 Å². The lowest BCUT2D eigenvalue weighted by Gasteiger charge is -2.16. The molecule has 0 aliphatic rings. The van der Waals surface area contributed by atoms with Crippen molar-refractivity contribution in [2.75, 3.05) is 7.05 Å². The molecule has 5 heteroatoms. The molecule has 3 rings (SSSR count). The van der Waals surface area contributed by atoms with Gasteiger partial charge in [0.15, 0.2) is 0 Å². The molecule has 1 heterocycles. The highest BCUT2D eigenvalue weighted by Crippen LogP contribution is 2.22. The van der Waals surface area contributed by atoms with Gasteiger partial charge in [0.05, 0.1) is 11.3 Å². The van der Waals surface area contributed by atoms with Crippen molar-refractivity contribution < 1.29 is 9.59 Å². The molecular formula is C23H25N3O2. The van der Waals surface area contributed by atoms with Crippen molar-refractivity contribution in [3.8, 4) is 5.69 Å². The predicted octanol–water partition coefficient (Wildman–Crippen LogP) is 3.69. The molecule has 3 aromatic rings. The summed E-state index contributed by atoms with van der Waals surface area (Å²) in [6, 6.07) is 17.2. The number of hydrogen-bond donors (Lipinski definition) is 2. The van der Waals surface area contributed by atoms with Crippen molar-refractivity contribution in [1.29, 1.82) is 0 Å². The van der Waals surface area contributed by atoms with Gasteiger partial charge in [-0.05, 0) is 62.7 Å². The van der Waals surface area contributed by atoms with E-state index in [4.69, 9.17) is 0 Å². The first-order valence-electron chi connectivity index (χ1n) is 9.26. The lowest BCUT2D eigenvalue weighted by molar-refractivity contribution is 0.0948. The third-order valence-electron chi connectivity index (χ3n) is 4.78. The monoisotopic (exact) mass is 375 g/mol. The fourth-order valence-corrected chi connectivity index (χ4v) is 3.32. The number of benzene rings is 2. The highest BCUT2D eigenvalue weighted by molar-refractivity contribution is 5.98. The van der Waals surface area contributed by atoms with Gasteiger partial charge in [-0.3, -0.25) is 9.59 Å². The molecule has 0 spiro atoms. The van der Waals surface area contributed by atoms with Gasteiger partial charge in [-0.15, -0.1) is 0 Å². The maximum atomic E-state index is 13.0. The van der Waals surface area contributed by atoms with E-state index in [-0.39, 0.29) is 11.8 Å². The Morgan fingerprint density at radius 1 is 0.893 bits per heavy atom. The Labute approximate surface area is 165 Å². The number of carbonyl (C=O) groups excluding carboxylic acids is 2. The zero-order valence-electron chi connectivity index (χ0n) is 16.7. The lowest BCUT2D eigenvalue weighted by atomic mass is 10.1. The fourth-order valence-electron chi connectivity index (χ4n) is 3.32. The molecule has 0 fully saturated rings. The molecule has 0 saturated carbocycles. The molecule has 1 aromatic heterocycles. The molecule has 2 aromatic carbocycles. The largest absolute Gasteiger partial charge is 0.355 e. The maximum absolute atomic E-state index is 13.0. The van der Waals surface area contributed by atoms with Crippen LogP contribution in [0.4, 0.5) is 0 Å². The Morgan fingerprint density at radius 3 is 2.29 bits per heavy atom. The van der Waals surface area contributed by atoms with Crippen molar-refractivity contribution in [1.82, 2.24) is 15.2 Å². The topological polar surface area (TPSA) is 63.1 Å². The van der Waals surface area contributed by atoms with Crippen LogP contribution in [-0.2, 0) is 6.54 Å². The van der Waals surface area contributed by atoms with Crippen molar-refractivity contribution in [3.05, 3.63) is 88.2 Å². The van der Waals surface area contributed by atoms with E-state index < -0.39 is 0 Å². The van der Waals surface area contributed by atoms with Crippen LogP contribution >= 0.6 is 0 Å². The molecule has 0 unspecified atom stereocenters. The number of aryl methyl sites for hydroxylation is 3. The number of amides is 2. The Bertz CT molecular complexity index is 1010. The molecule has 144 valence electrons. The number of aromatic nitrogens is 1. The Kier molecular flexibility index (Phi) is 5.64. The van der Waals surface area contributed by atoms with Crippen LogP contribution in [0.2, 0.25) is 0 Å². The van der Waals surface area contributed by atoms with Gasteiger partial charge in [0.25, 0.3) is 11.8 Å². The normalized spacial score (nSPS) is 10.6. The van der Waals surface area contributed by atoms with Crippen molar-refractivity contribution in [2.45, 2.75) is 27.3 Å². The van der Waals surface area contributed by atoms with E-state index in [1.54, 1.807) is 19.2 Å². The summed E-state index contributed by atoms with van der Waals surface area (Å²) in [6.07, 6.45) is 0. The fraction of sp³-hybridized carbons (Fsp3) is 0.217. The van der Waals surface area contributed by atoms with Gasteiger partial charge in [-0.1, -0.05) is 23.8 Å². The molecule has 0 bridgehead atoms. The summed E-state index contributed by atoms with van der Waals surface area (Å²) in [5.41, 5.74) is 6.12. The second-order valence-electron chi connectivity index (χ2n) is 6.93. The van der Waals surface area contributed by atoms with Gasteiger partial charge >= 0.3 is 0 Å². The van der Waals surface area contributed by atoms with Crippen LogP contribution in [0.15, 0.2) is 54.6 Å². The minimum atomic E-state index is -0.146. The zero-order valence-corrected chi connectivity index (χ0v) is 16.7. The number of carbonyl (C=O) groups is 2. The molecule has 0 radical (unpaired) electrons. The van der Waals surface area contributed by atoms with E-state index in [9.17, 15) is 9.59 Å². The van der Waals surface area contributed by atoms with Gasteiger partial charge in [0.2, 0.25) is 0 Å². The molecule has 0 aliphatic heterocycles. The SMILES string of the molecule is CNC(=O)c1cccc(CNC(=O)c2cc(C)ccc2-n2c(C)ccc2C)c1. The van der Waals surface area contributed by atoms with E-state index in [0.717, 1.165) is 28.2 Å². The van der Waals surface area contributed by atoms with E-state index >= 15 is 0 Å². The number of nitrogens with one attached hydrogen (secondary N) is 2. The van der Waals surface area contributed by atoms with Crippen LogP contribution in [0.25, 0.3) is 5.69 Å². The van der Waals surface area contributed by atoms with E-state index in [0.29, 0.717) is 17.7 Å². The van der Waals surface area contributed by atoms with E-state index in [1.165, 1.54) is 0 Å². The summed E-state index contributed by atoms with van der Waals surface area (Å²) < 4.78 is 2.08. The zero-order chi connectivity index (χ0) is 20.3. The number of rotatable bonds is 5. The Balaban J connectivity index is 1.86. The summed E-state index contributed by atoms with van der Waals surface area (Å²) in [5.74, 6) is -0.288. The summed E-state index contributed by atoms with van der Waals surface area (Å²) in [4.78, 5) is 24.8. The molecule has 28 heavy (non-hydrogen) atoms. The van der Waals surface area contributed by atoms with Crippen molar-refractivity contribution >= 4 is 11.8 Å². The first-order chi connectivity index (χ1) is 13.4. The number of hydrogen-bond acceptors (Lipinski definition) is 2. The molecule has 0 aliphatic carbocycles. The van der Waals surface area contributed by atoms with Gasteiger partial charge in [0, 0.05) is 30.5 Å².